The smallest absolute Gasteiger partial charge is 0.339 e. The summed E-state index contributed by atoms with van der Waals surface area (Å²) in [6.07, 6.45) is 2.64. The van der Waals surface area contributed by atoms with Crippen LogP contribution in [-0.2, 0) is 22.4 Å². The number of esters is 1. The van der Waals surface area contributed by atoms with E-state index in [1.165, 1.54) is 0 Å². The summed E-state index contributed by atoms with van der Waals surface area (Å²) in [4.78, 5) is 30.1. The number of pyridine rings is 1. The number of aryl methyl sites for hydroxylation is 1. The Hall–Kier alpha value is -2.94. The largest absolute Gasteiger partial charge is 0.452 e. The number of hydrogen-bond donors (Lipinski definition) is 1. The summed E-state index contributed by atoms with van der Waals surface area (Å²) in [6.45, 7) is 7.10. The highest BCUT2D eigenvalue weighted by molar-refractivity contribution is 6.05. The molecule has 1 aliphatic rings. The second-order valence-corrected chi connectivity index (χ2v) is 8.37. The third kappa shape index (κ3) is 4.24. The summed E-state index contributed by atoms with van der Waals surface area (Å²) in [6, 6.07) is 9.63. The molecule has 0 saturated carbocycles. The average molecular weight is 393 g/mol. The van der Waals surface area contributed by atoms with Crippen molar-refractivity contribution in [2.45, 2.75) is 52.5 Å². The molecule has 1 aromatic carbocycles. The van der Waals surface area contributed by atoms with Crippen LogP contribution in [0.3, 0.4) is 0 Å². The lowest BCUT2D eigenvalue weighted by Crippen LogP contribution is -2.50. The topological polar surface area (TPSA) is 92.1 Å². The normalized spacial score (nSPS) is 17.9. The molecule has 1 heterocycles. The molecule has 0 spiro atoms. The van der Waals surface area contributed by atoms with Crippen molar-refractivity contribution < 1.29 is 14.3 Å². The third-order valence-electron chi connectivity index (χ3n) is 5.83. The van der Waals surface area contributed by atoms with Crippen molar-refractivity contribution in [1.29, 1.82) is 5.26 Å². The lowest BCUT2D eigenvalue weighted by atomic mass is 9.84. The van der Waals surface area contributed by atoms with Gasteiger partial charge in [-0.05, 0) is 49.7 Å². The van der Waals surface area contributed by atoms with Crippen LogP contribution in [0.5, 0.6) is 0 Å². The molecule has 2 aromatic rings. The van der Waals surface area contributed by atoms with Gasteiger partial charge in [0.1, 0.15) is 5.54 Å². The molecule has 0 bridgehead atoms. The van der Waals surface area contributed by atoms with Crippen LogP contribution in [-0.4, -0.2) is 29.0 Å². The van der Waals surface area contributed by atoms with E-state index in [4.69, 9.17) is 9.72 Å². The van der Waals surface area contributed by atoms with Gasteiger partial charge in [-0.1, -0.05) is 39.0 Å². The van der Waals surface area contributed by atoms with Crippen molar-refractivity contribution in [1.82, 2.24) is 10.3 Å². The second-order valence-electron chi connectivity index (χ2n) is 8.37. The Morgan fingerprint density at radius 3 is 2.79 bits per heavy atom. The number of aromatic nitrogens is 1. The molecule has 2 atom stereocenters. The minimum atomic E-state index is -1.01. The number of fused-ring (bicyclic) bond motifs is 2. The van der Waals surface area contributed by atoms with Gasteiger partial charge < -0.3 is 10.1 Å². The lowest BCUT2D eigenvalue weighted by Gasteiger charge is -2.27. The molecule has 3 rings (SSSR count). The standard InChI is InChI=1S/C23H27N3O3/c1-14(2)23(4,13-24)26-20(27)12-29-22(28)21-16-7-5-6-8-18(16)25-19-10-9-15(3)11-17(19)21/h5-8,14-15H,9-12H2,1-4H3,(H,26,27)/t15-,23-/m0/s1. The fourth-order valence-corrected chi connectivity index (χ4v) is 3.63. The number of para-hydroxylation sites is 1. The van der Waals surface area contributed by atoms with Crippen LogP contribution in [0.2, 0.25) is 0 Å². The Bertz CT molecular complexity index is 993. The molecule has 6 heteroatoms. The number of ether oxygens (including phenoxy) is 1. The maximum Gasteiger partial charge on any atom is 0.339 e. The number of nitrogens with zero attached hydrogens (tertiary/aromatic N) is 2. The highest BCUT2D eigenvalue weighted by atomic mass is 16.5. The Balaban J connectivity index is 1.85. The van der Waals surface area contributed by atoms with Crippen LogP contribution in [0, 0.1) is 23.2 Å². The number of amides is 1. The fourth-order valence-electron chi connectivity index (χ4n) is 3.63. The molecule has 152 valence electrons. The third-order valence-corrected chi connectivity index (χ3v) is 5.83. The van der Waals surface area contributed by atoms with E-state index in [2.05, 4.69) is 18.3 Å². The minimum absolute atomic E-state index is 0.0789. The first-order chi connectivity index (χ1) is 13.7. The van der Waals surface area contributed by atoms with Crippen molar-refractivity contribution in [3.63, 3.8) is 0 Å². The summed E-state index contributed by atoms with van der Waals surface area (Å²) >= 11 is 0. The number of hydrogen-bond acceptors (Lipinski definition) is 5. The number of rotatable bonds is 5. The molecule has 1 amide bonds. The van der Waals surface area contributed by atoms with E-state index < -0.39 is 24.0 Å². The van der Waals surface area contributed by atoms with Crippen LogP contribution in [0.15, 0.2) is 24.3 Å². The SMILES string of the molecule is CC(C)[C@](C)(C#N)NC(=O)COC(=O)c1c2c(nc3ccccc13)CC[C@H](C)C2. The number of benzene rings is 1. The van der Waals surface area contributed by atoms with E-state index in [9.17, 15) is 14.9 Å². The highest BCUT2D eigenvalue weighted by Gasteiger charge is 2.31. The molecule has 6 nitrogen and oxygen atoms in total. The molecular weight excluding hydrogens is 366 g/mol. The summed E-state index contributed by atoms with van der Waals surface area (Å²) in [5, 5.41) is 12.8. The predicted octanol–water partition coefficient (Wildman–Crippen LogP) is 3.57. The molecule has 1 aromatic heterocycles. The van der Waals surface area contributed by atoms with E-state index in [0.717, 1.165) is 41.4 Å². The van der Waals surface area contributed by atoms with Gasteiger partial charge >= 0.3 is 5.97 Å². The van der Waals surface area contributed by atoms with Crippen molar-refractivity contribution in [2.24, 2.45) is 11.8 Å². The van der Waals surface area contributed by atoms with Crippen molar-refractivity contribution in [3.8, 4) is 6.07 Å². The zero-order valence-electron chi connectivity index (χ0n) is 17.4. The quantitative estimate of drug-likeness (QED) is 0.784. The minimum Gasteiger partial charge on any atom is -0.452 e. The van der Waals surface area contributed by atoms with Gasteiger partial charge in [0.2, 0.25) is 0 Å². The van der Waals surface area contributed by atoms with Crippen LogP contribution >= 0.6 is 0 Å². The lowest BCUT2D eigenvalue weighted by molar-refractivity contribution is -0.125. The van der Waals surface area contributed by atoms with Gasteiger partial charge in [0.05, 0.1) is 17.1 Å². The Labute approximate surface area is 171 Å². The zero-order valence-corrected chi connectivity index (χ0v) is 17.4. The summed E-state index contributed by atoms with van der Waals surface area (Å²) < 4.78 is 5.38. The molecule has 0 radical (unpaired) electrons. The van der Waals surface area contributed by atoms with E-state index in [1.54, 1.807) is 6.92 Å². The van der Waals surface area contributed by atoms with Crippen molar-refractivity contribution >= 4 is 22.8 Å². The highest BCUT2D eigenvalue weighted by Crippen LogP contribution is 2.32. The number of carbonyl (C=O) groups excluding carboxylic acids is 2. The molecule has 0 aliphatic heterocycles. The van der Waals surface area contributed by atoms with Crippen LogP contribution < -0.4 is 5.32 Å². The number of carbonyl (C=O) groups is 2. The molecule has 0 saturated heterocycles. The average Bonchev–Trinajstić information content (AvgIpc) is 2.70. The van der Waals surface area contributed by atoms with Crippen LogP contribution in [0.4, 0.5) is 0 Å². The van der Waals surface area contributed by atoms with Crippen molar-refractivity contribution in [3.05, 3.63) is 41.1 Å². The Morgan fingerprint density at radius 1 is 1.38 bits per heavy atom. The second kappa shape index (κ2) is 8.20. The van der Waals surface area contributed by atoms with Gasteiger partial charge in [-0.15, -0.1) is 0 Å². The first-order valence-corrected chi connectivity index (χ1v) is 10.0. The summed E-state index contributed by atoms with van der Waals surface area (Å²) in [5.74, 6) is -0.628. The van der Waals surface area contributed by atoms with E-state index in [1.807, 2.05) is 38.1 Å². The van der Waals surface area contributed by atoms with Crippen molar-refractivity contribution in [2.75, 3.05) is 6.61 Å². The van der Waals surface area contributed by atoms with E-state index >= 15 is 0 Å². The fraction of sp³-hybridized carbons (Fsp3) is 0.478. The first-order valence-electron chi connectivity index (χ1n) is 10.0. The molecule has 0 fully saturated rings. The maximum absolute atomic E-state index is 13.0. The predicted molar refractivity (Wildman–Crippen MR) is 110 cm³/mol. The van der Waals surface area contributed by atoms with Crippen LogP contribution in [0.25, 0.3) is 10.9 Å². The van der Waals surface area contributed by atoms with Gasteiger partial charge in [-0.25, -0.2) is 4.79 Å². The molecule has 1 N–H and O–H groups in total. The van der Waals surface area contributed by atoms with E-state index in [-0.39, 0.29) is 5.92 Å². The first kappa shape index (κ1) is 20.8. The number of nitriles is 1. The van der Waals surface area contributed by atoms with Gasteiger partial charge in [-0.2, -0.15) is 5.26 Å². The Morgan fingerprint density at radius 2 is 2.10 bits per heavy atom. The number of nitrogens with one attached hydrogen (secondary N) is 1. The maximum atomic E-state index is 13.0. The molecule has 29 heavy (non-hydrogen) atoms. The van der Waals surface area contributed by atoms with Gasteiger partial charge in [-0.3, -0.25) is 9.78 Å². The molecule has 0 unspecified atom stereocenters. The van der Waals surface area contributed by atoms with Gasteiger partial charge in [0, 0.05) is 11.1 Å². The molecule has 1 aliphatic carbocycles. The van der Waals surface area contributed by atoms with Gasteiger partial charge in [0.25, 0.3) is 5.91 Å². The Kier molecular flexibility index (Phi) is 5.88. The summed E-state index contributed by atoms with van der Waals surface area (Å²) in [5.41, 5.74) is 2.12. The van der Waals surface area contributed by atoms with Gasteiger partial charge in [0.15, 0.2) is 6.61 Å². The molecular formula is C23H27N3O3. The monoisotopic (exact) mass is 393 g/mol. The summed E-state index contributed by atoms with van der Waals surface area (Å²) in [7, 11) is 0. The van der Waals surface area contributed by atoms with Crippen LogP contribution in [0.1, 0.15) is 55.7 Å². The zero-order chi connectivity index (χ0) is 21.2. The van der Waals surface area contributed by atoms with E-state index in [0.29, 0.717) is 11.5 Å².